The first-order valence-electron chi connectivity index (χ1n) is 5.59. The normalized spacial score (nSPS) is 17.9. The van der Waals surface area contributed by atoms with E-state index in [4.69, 9.17) is 5.11 Å². The van der Waals surface area contributed by atoms with E-state index in [1.807, 2.05) is 0 Å². The van der Waals surface area contributed by atoms with Crippen molar-refractivity contribution in [2.75, 3.05) is 19.6 Å². The van der Waals surface area contributed by atoms with Gasteiger partial charge in [-0.2, -0.15) is 0 Å². The second-order valence-corrected chi connectivity index (χ2v) is 3.87. The van der Waals surface area contributed by atoms with Gasteiger partial charge in [0, 0.05) is 13.1 Å². The molecule has 0 bridgehead atoms. The Morgan fingerprint density at radius 2 is 2.29 bits per heavy atom. The number of amides is 3. The van der Waals surface area contributed by atoms with E-state index in [0.29, 0.717) is 25.9 Å². The van der Waals surface area contributed by atoms with Crippen LogP contribution in [0.15, 0.2) is 0 Å². The Kier molecular flexibility index (Phi) is 4.74. The van der Waals surface area contributed by atoms with E-state index in [2.05, 4.69) is 10.6 Å². The van der Waals surface area contributed by atoms with Crippen LogP contribution in [0.3, 0.4) is 0 Å². The van der Waals surface area contributed by atoms with E-state index in [1.165, 1.54) is 4.90 Å². The molecule has 3 amide bonds. The van der Waals surface area contributed by atoms with E-state index in [0.717, 1.165) is 0 Å². The second kappa shape index (κ2) is 6.07. The monoisotopic (exact) mass is 243 g/mol. The quantitative estimate of drug-likeness (QED) is 0.615. The maximum Gasteiger partial charge on any atom is 0.326 e. The number of rotatable bonds is 3. The van der Waals surface area contributed by atoms with Crippen LogP contribution in [0.25, 0.3) is 0 Å². The van der Waals surface area contributed by atoms with Crippen molar-refractivity contribution in [2.24, 2.45) is 0 Å². The molecule has 1 rings (SSSR count). The lowest BCUT2D eigenvalue weighted by molar-refractivity contribution is -0.139. The number of carboxylic acid groups (broad SMARTS) is 1. The molecule has 1 saturated heterocycles. The number of carbonyl (C=O) groups is 3. The van der Waals surface area contributed by atoms with Crippen LogP contribution in [0.2, 0.25) is 0 Å². The summed E-state index contributed by atoms with van der Waals surface area (Å²) in [5.74, 6) is -1.29. The van der Waals surface area contributed by atoms with Gasteiger partial charge in [0.05, 0.1) is 0 Å². The third-order valence-electron chi connectivity index (χ3n) is 2.55. The van der Waals surface area contributed by atoms with Crippen LogP contribution in [0.1, 0.15) is 19.8 Å². The minimum absolute atomic E-state index is 0.0259. The molecule has 7 heteroatoms. The minimum atomic E-state index is -1.07. The smallest absolute Gasteiger partial charge is 0.326 e. The zero-order valence-corrected chi connectivity index (χ0v) is 9.73. The molecule has 0 saturated carbocycles. The van der Waals surface area contributed by atoms with E-state index >= 15 is 0 Å². The fraction of sp³-hybridized carbons (Fsp3) is 0.700. The Hall–Kier alpha value is -1.79. The SMILES string of the molecule is CCC(NC(=O)N1CCCNC(=O)C1)C(=O)O. The first-order chi connectivity index (χ1) is 8.04. The summed E-state index contributed by atoms with van der Waals surface area (Å²) in [5.41, 5.74) is 0. The molecule has 1 heterocycles. The van der Waals surface area contributed by atoms with Crippen molar-refractivity contribution in [1.82, 2.24) is 15.5 Å². The Labute approximate surface area is 99.2 Å². The first kappa shape index (κ1) is 13.3. The van der Waals surface area contributed by atoms with Gasteiger partial charge in [-0.25, -0.2) is 9.59 Å². The number of urea groups is 1. The summed E-state index contributed by atoms with van der Waals surface area (Å²) in [4.78, 5) is 35.1. The second-order valence-electron chi connectivity index (χ2n) is 3.87. The van der Waals surface area contributed by atoms with Crippen LogP contribution in [-0.2, 0) is 9.59 Å². The maximum absolute atomic E-state index is 11.7. The fourth-order valence-electron chi connectivity index (χ4n) is 1.56. The van der Waals surface area contributed by atoms with Crippen LogP contribution in [0.4, 0.5) is 4.79 Å². The van der Waals surface area contributed by atoms with E-state index < -0.39 is 18.0 Å². The molecule has 1 aliphatic rings. The van der Waals surface area contributed by atoms with Crippen LogP contribution < -0.4 is 10.6 Å². The molecule has 0 aliphatic carbocycles. The number of carboxylic acids is 1. The molecule has 1 atom stereocenters. The van der Waals surface area contributed by atoms with Crippen molar-refractivity contribution in [3.63, 3.8) is 0 Å². The van der Waals surface area contributed by atoms with Crippen molar-refractivity contribution < 1.29 is 19.5 Å². The van der Waals surface area contributed by atoms with Gasteiger partial charge in [-0.15, -0.1) is 0 Å². The Morgan fingerprint density at radius 1 is 1.59 bits per heavy atom. The van der Waals surface area contributed by atoms with Gasteiger partial charge in [-0.05, 0) is 12.8 Å². The summed E-state index contributed by atoms with van der Waals surface area (Å²) < 4.78 is 0. The zero-order chi connectivity index (χ0) is 12.8. The van der Waals surface area contributed by atoms with Gasteiger partial charge in [0.2, 0.25) is 5.91 Å². The van der Waals surface area contributed by atoms with Crippen LogP contribution in [0.5, 0.6) is 0 Å². The lowest BCUT2D eigenvalue weighted by Crippen LogP contribution is -2.49. The molecular formula is C10H17N3O4. The van der Waals surface area contributed by atoms with Crippen molar-refractivity contribution >= 4 is 17.9 Å². The van der Waals surface area contributed by atoms with Gasteiger partial charge in [0.15, 0.2) is 0 Å². The van der Waals surface area contributed by atoms with Crippen LogP contribution >= 0.6 is 0 Å². The standard InChI is InChI=1S/C10H17N3O4/c1-2-7(9(15)16)12-10(17)13-5-3-4-11-8(14)6-13/h7H,2-6H2,1H3,(H,11,14)(H,12,17)(H,15,16). The molecule has 0 spiro atoms. The summed E-state index contributed by atoms with van der Waals surface area (Å²) in [6.07, 6.45) is 0.976. The van der Waals surface area contributed by atoms with Gasteiger partial charge in [0.1, 0.15) is 12.6 Å². The average molecular weight is 243 g/mol. The molecule has 0 radical (unpaired) electrons. The van der Waals surface area contributed by atoms with Gasteiger partial charge in [0.25, 0.3) is 0 Å². The van der Waals surface area contributed by atoms with Crippen LogP contribution in [-0.4, -0.2) is 53.6 Å². The highest BCUT2D eigenvalue weighted by Gasteiger charge is 2.24. The summed E-state index contributed by atoms with van der Waals surface area (Å²) in [6, 6.07) is -1.41. The summed E-state index contributed by atoms with van der Waals surface area (Å²) in [6.45, 7) is 2.63. The summed E-state index contributed by atoms with van der Waals surface area (Å²) >= 11 is 0. The lowest BCUT2D eigenvalue weighted by atomic mass is 10.2. The highest BCUT2D eigenvalue weighted by molar-refractivity contribution is 5.86. The number of nitrogens with zero attached hydrogens (tertiary/aromatic N) is 1. The fourth-order valence-corrected chi connectivity index (χ4v) is 1.56. The van der Waals surface area contributed by atoms with Crippen molar-refractivity contribution in [3.05, 3.63) is 0 Å². The van der Waals surface area contributed by atoms with Gasteiger partial charge < -0.3 is 20.6 Å². The van der Waals surface area contributed by atoms with Gasteiger partial charge >= 0.3 is 12.0 Å². The molecule has 1 fully saturated rings. The number of nitrogens with one attached hydrogen (secondary N) is 2. The molecule has 7 nitrogen and oxygen atoms in total. The Balaban J connectivity index is 2.56. The Bertz CT molecular complexity index is 319. The zero-order valence-electron chi connectivity index (χ0n) is 9.73. The molecule has 1 unspecified atom stereocenters. The number of aliphatic carboxylic acids is 1. The molecule has 1 aliphatic heterocycles. The Morgan fingerprint density at radius 3 is 2.88 bits per heavy atom. The molecule has 0 aromatic rings. The highest BCUT2D eigenvalue weighted by Crippen LogP contribution is 1.99. The first-order valence-corrected chi connectivity index (χ1v) is 5.59. The molecular weight excluding hydrogens is 226 g/mol. The number of carbonyl (C=O) groups excluding carboxylic acids is 2. The third-order valence-corrected chi connectivity index (χ3v) is 2.55. The van der Waals surface area contributed by atoms with Gasteiger partial charge in [-0.3, -0.25) is 4.79 Å². The molecule has 96 valence electrons. The predicted octanol–water partition coefficient (Wildman–Crippen LogP) is -0.619. The van der Waals surface area contributed by atoms with Crippen molar-refractivity contribution in [1.29, 1.82) is 0 Å². The number of hydrogen-bond donors (Lipinski definition) is 3. The minimum Gasteiger partial charge on any atom is -0.480 e. The molecule has 17 heavy (non-hydrogen) atoms. The molecule has 0 aromatic heterocycles. The topological polar surface area (TPSA) is 98.7 Å². The van der Waals surface area contributed by atoms with E-state index in [9.17, 15) is 14.4 Å². The predicted molar refractivity (Wildman–Crippen MR) is 59.4 cm³/mol. The van der Waals surface area contributed by atoms with E-state index in [1.54, 1.807) is 6.92 Å². The van der Waals surface area contributed by atoms with Crippen molar-refractivity contribution in [3.8, 4) is 0 Å². The lowest BCUT2D eigenvalue weighted by Gasteiger charge is -2.22. The summed E-state index contributed by atoms with van der Waals surface area (Å²) in [7, 11) is 0. The third kappa shape index (κ3) is 3.93. The van der Waals surface area contributed by atoms with Crippen LogP contribution in [0, 0.1) is 0 Å². The van der Waals surface area contributed by atoms with Gasteiger partial charge in [-0.1, -0.05) is 6.92 Å². The summed E-state index contributed by atoms with van der Waals surface area (Å²) in [5, 5.41) is 13.8. The largest absolute Gasteiger partial charge is 0.480 e. The number of hydrogen-bond acceptors (Lipinski definition) is 3. The van der Waals surface area contributed by atoms with E-state index in [-0.39, 0.29) is 12.5 Å². The molecule has 3 N–H and O–H groups in total. The maximum atomic E-state index is 11.7. The highest BCUT2D eigenvalue weighted by atomic mass is 16.4. The molecule has 0 aromatic carbocycles. The van der Waals surface area contributed by atoms with Crippen molar-refractivity contribution in [2.45, 2.75) is 25.8 Å². The average Bonchev–Trinajstić information content (AvgIpc) is 2.50.